The van der Waals surface area contributed by atoms with Crippen molar-refractivity contribution in [1.82, 2.24) is 14.8 Å². The van der Waals surface area contributed by atoms with E-state index in [1.54, 1.807) is 18.3 Å². The first kappa shape index (κ1) is 16.4. The summed E-state index contributed by atoms with van der Waals surface area (Å²) in [4.78, 5) is 15.4. The fourth-order valence-corrected chi connectivity index (χ4v) is 3.06. The minimum absolute atomic E-state index is 0.0815. The van der Waals surface area contributed by atoms with Crippen molar-refractivity contribution < 1.29 is 23.4 Å². The van der Waals surface area contributed by atoms with Gasteiger partial charge in [0.1, 0.15) is 12.3 Å². The molecule has 8 heteroatoms. The van der Waals surface area contributed by atoms with Crippen LogP contribution in [0.3, 0.4) is 0 Å². The van der Waals surface area contributed by atoms with Crippen LogP contribution in [0.15, 0.2) is 36.5 Å². The summed E-state index contributed by atoms with van der Waals surface area (Å²) in [5.41, 5.74) is 3.00. The number of aliphatic carboxylic acids is 1. The van der Waals surface area contributed by atoms with Crippen LogP contribution in [0.4, 0.5) is 8.78 Å². The van der Waals surface area contributed by atoms with Gasteiger partial charge in [-0.05, 0) is 42.2 Å². The molecule has 3 aromatic rings. The van der Waals surface area contributed by atoms with Crippen molar-refractivity contribution >= 4 is 17.0 Å². The third kappa shape index (κ3) is 3.10. The lowest BCUT2D eigenvalue weighted by Crippen LogP contribution is -2.10. The second-order valence-corrected chi connectivity index (χ2v) is 6.17. The highest BCUT2D eigenvalue weighted by atomic mass is 19.3. The van der Waals surface area contributed by atoms with Gasteiger partial charge in [0.2, 0.25) is 0 Å². The molecule has 1 N–H and O–H groups in total. The zero-order valence-electron chi connectivity index (χ0n) is 13.6. The number of carboxylic acid groups (broad SMARTS) is 1. The van der Waals surface area contributed by atoms with Crippen molar-refractivity contribution in [3.05, 3.63) is 42.2 Å². The largest absolute Gasteiger partial charge is 0.480 e. The molecule has 1 aliphatic rings. The number of carbonyl (C=O) groups is 1. The van der Waals surface area contributed by atoms with Crippen molar-refractivity contribution in [2.75, 3.05) is 0 Å². The van der Waals surface area contributed by atoms with E-state index in [0.717, 1.165) is 35.0 Å². The smallest absolute Gasteiger partial charge is 0.387 e. The molecule has 2 aromatic heterocycles. The van der Waals surface area contributed by atoms with Crippen LogP contribution in [0, 0.1) is 0 Å². The monoisotopic (exact) mass is 359 g/mol. The maximum atomic E-state index is 12.3. The van der Waals surface area contributed by atoms with E-state index in [1.807, 2.05) is 6.07 Å². The molecular formula is C18H15F2N3O3. The van der Waals surface area contributed by atoms with Crippen LogP contribution in [-0.4, -0.2) is 32.5 Å². The predicted molar refractivity (Wildman–Crippen MR) is 89.2 cm³/mol. The van der Waals surface area contributed by atoms with Crippen molar-refractivity contribution in [1.29, 1.82) is 0 Å². The fourth-order valence-electron chi connectivity index (χ4n) is 3.06. The van der Waals surface area contributed by atoms with Crippen LogP contribution in [0.25, 0.3) is 22.2 Å². The molecule has 1 saturated carbocycles. The average Bonchev–Trinajstić information content (AvgIpc) is 3.38. The number of benzene rings is 1. The number of pyridine rings is 1. The lowest BCUT2D eigenvalue weighted by Gasteiger charge is -2.08. The molecule has 0 unspecified atom stereocenters. The van der Waals surface area contributed by atoms with Gasteiger partial charge in [0.15, 0.2) is 5.65 Å². The Bertz CT molecular complexity index is 966. The Morgan fingerprint density at radius 3 is 2.62 bits per heavy atom. The van der Waals surface area contributed by atoms with Crippen LogP contribution in [-0.2, 0) is 11.3 Å². The second-order valence-electron chi connectivity index (χ2n) is 6.17. The molecule has 0 radical (unpaired) electrons. The lowest BCUT2D eigenvalue weighted by atomic mass is 10.0. The summed E-state index contributed by atoms with van der Waals surface area (Å²) >= 11 is 0. The Hall–Kier alpha value is -3.03. The highest BCUT2D eigenvalue weighted by Gasteiger charge is 2.31. The van der Waals surface area contributed by atoms with Crippen LogP contribution < -0.4 is 4.74 Å². The van der Waals surface area contributed by atoms with Gasteiger partial charge in [0, 0.05) is 12.1 Å². The Morgan fingerprint density at radius 1 is 1.27 bits per heavy atom. The molecule has 1 fully saturated rings. The van der Waals surface area contributed by atoms with E-state index in [9.17, 15) is 13.6 Å². The number of ether oxygens (including phenoxy) is 1. The summed E-state index contributed by atoms with van der Waals surface area (Å²) in [7, 11) is 0. The Labute approximate surface area is 147 Å². The van der Waals surface area contributed by atoms with E-state index in [-0.39, 0.29) is 12.3 Å². The van der Waals surface area contributed by atoms with Gasteiger partial charge in [-0.3, -0.25) is 4.79 Å². The normalized spacial score (nSPS) is 14.1. The van der Waals surface area contributed by atoms with E-state index in [2.05, 4.69) is 14.8 Å². The summed E-state index contributed by atoms with van der Waals surface area (Å²) in [6.45, 7) is -3.13. The highest BCUT2D eigenvalue weighted by molar-refractivity contribution is 5.95. The number of nitrogens with zero attached hydrogens (tertiary/aromatic N) is 3. The molecule has 0 atom stereocenters. The van der Waals surface area contributed by atoms with E-state index >= 15 is 0 Å². The van der Waals surface area contributed by atoms with Crippen LogP contribution >= 0.6 is 0 Å². The minimum atomic E-state index is -2.87. The van der Waals surface area contributed by atoms with Crippen LogP contribution in [0.5, 0.6) is 5.75 Å². The summed E-state index contributed by atoms with van der Waals surface area (Å²) in [6, 6.07) is 8.16. The number of aromatic nitrogens is 3. The van der Waals surface area contributed by atoms with Gasteiger partial charge in [0.05, 0.1) is 11.1 Å². The number of rotatable bonds is 6. The quantitative estimate of drug-likeness (QED) is 0.727. The van der Waals surface area contributed by atoms with Gasteiger partial charge in [-0.15, -0.1) is 0 Å². The topological polar surface area (TPSA) is 77.2 Å². The summed E-state index contributed by atoms with van der Waals surface area (Å²) in [5.74, 6) is -0.604. The second kappa shape index (κ2) is 6.36. The third-order valence-electron chi connectivity index (χ3n) is 4.30. The van der Waals surface area contributed by atoms with Gasteiger partial charge in [-0.1, -0.05) is 12.1 Å². The highest BCUT2D eigenvalue weighted by Crippen LogP contribution is 2.44. The first-order valence-electron chi connectivity index (χ1n) is 8.15. The minimum Gasteiger partial charge on any atom is -0.480 e. The summed E-state index contributed by atoms with van der Waals surface area (Å²) in [6.07, 6.45) is 3.61. The van der Waals surface area contributed by atoms with Gasteiger partial charge in [-0.25, -0.2) is 9.67 Å². The number of alkyl halides is 2. The van der Waals surface area contributed by atoms with Gasteiger partial charge < -0.3 is 9.84 Å². The Kier molecular flexibility index (Phi) is 4.02. The first-order valence-corrected chi connectivity index (χ1v) is 8.15. The van der Waals surface area contributed by atoms with E-state index in [0.29, 0.717) is 11.6 Å². The molecule has 4 rings (SSSR count). The van der Waals surface area contributed by atoms with Gasteiger partial charge in [-0.2, -0.15) is 13.9 Å². The molecule has 0 aliphatic heterocycles. The average molecular weight is 359 g/mol. The number of carboxylic acids is 1. The molecule has 0 amide bonds. The Morgan fingerprint density at radius 2 is 2.00 bits per heavy atom. The molecule has 0 spiro atoms. The first-order chi connectivity index (χ1) is 12.5. The number of hydrogen-bond acceptors (Lipinski definition) is 4. The molecule has 0 bridgehead atoms. The molecule has 1 aliphatic carbocycles. The molecule has 1 aromatic carbocycles. The van der Waals surface area contributed by atoms with E-state index in [1.165, 1.54) is 16.8 Å². The molecule has 26 heavy (non-hydrogen) atoms. The summed E-state index contributed by atoms with van der Waals surface area (Å²) < 4.78 is 30.4. The van der Waals surface area contributed by atoms with Crippen molar-refractivity contribution in [3.8, 4) is 16.9 Å². The third-order valence-corrected chi connectivity index (χ3v) is 4.30. The Balaban J connectivity index is 1.82. The van der Waals surface area contributed by atoms with E-state index in [4.69, 9.17) is 5.11 Å². The zero-order chi connectivity index (χ0) is 18.3. The van der Waals surface area contributed by atoms with Crippen molar-refractivity contribution in [2.24, 2.45) is 0 Å². The van der Waals surface area contributed by atoms with Gasteiger partial charge >= 0.3 is 12.6 Å². The molecular weight excluding hydrogens is 344 g/mol. The number of halogens is 2. The van der Waals surface area contributed by atoms with Crippen LogP contribution in [0.2, 0.25) is 0 Å². The molecule has 134 valence electrons. The zero-order valence-corrected chi connectivity index (χ0v) is 13.6. The van der Waals surface area contributed by atoms with Crippen LogP contribution in [0.1, 0.15) is 24.5 Å². The van der Waals surface area contributed by atoms with E-state index < -0.39 is 12.6 Å². The number of fused-ring (bicyclic) bond motifs is 1. The maximum absolute atomic E-state index is 12.3. The van der Waals surface area contributed by atoms with Crippen molar-refractivity contribution in [2.45, 2.75) is 31.9 Å². The SMILES string of the molecule is O=C(O)Cn1nc(C2CC2)c2c(-c3ccc(OC(F)F)cc3)ccnc21. The predicted octanol–water partition coefficient (Wildman–Crippen LogP) is 3.66. The molecule has 2 heterocycles. The molecule has 6 nitrogen and oxygen atoms in total. The maximum Gasteiger partial charge on any atom is 0.387 e. The standard InChI is InChI=1S/C18H15F2N3O3/c19-18(20)26-12-5-3-10(4-6-12)13-7-8-21-17-15(13)16(11-1-2-11)22-23(17)9-14(24)25/h3-8,11,18H,1-2,9H2,(H,24,25). The lowest BCUT2D eigenvalue weighted by molar-refractivity contribution is -0.137. The van der Waals surface area contributed by atoms with Gasteiger partial charge in [0.25, 0.3) is 0 Å². The van der Waals surface area contributed by atoms with Crippen molar-refractivity contribution in [3.63, 3.8) is 0 Å². The summed E-state index contributed by atoms with van der Waals surface area (Å²) in [5, 5.41) is 14.4. The molecule has 0 saturated heterocycles. The number of hydrogen-bond donors (Lipinski definition) is 1. The fraction of sp³-hybridized carbons (Fsp3) is 0.278.